The van der Waals surface area contributed by atoms with Gasteiger partial charge < -0.3 is 0 Å². The highest BCUT2D eigenvalue weighted by atomic mass is 35.5. The van der Waals surface area contributed by atoms with Gasteiger partial charge in [-0.05, 0) is 24.6 Å². The van der Waals surface area contributed by atoms with E-state index in [2.05, 4.69) is 46.5 Å². The molecule has 0 saturated carbocycles. The van der Waals surface area contributed by atoms with Crippen molar-refractivity contribution in [2.45, 2.75) is 13.3 Å². The Hall–Kier alpha value is -1.94. The van der Waals surface area contributed by atoms with Crippen LogP contribution in [0.4, 0.5) is 0 Å². The number of fused-ring (bicyclic) bond motifs is 1. The Morgan fingerprint density at radius 3 is 2.61 bits per heavy atom. The van der Waals surface area contributed by atoms with Crippen LogP contribution in [0.2, 0.25) is 5.15 Å². The Labute approximate surface area is 109 Å². The van der Waals surface area contributed by atoms with E-state index in [1.807, 2.05) is 0 Å². The van der Waals surface area contributed by atoms with Crippen molar-refractivity contribution >= 4 is 17.2 Å². The van der Waals surface area contributed by atoms with E-state index >= 15 is 0 Å². The Kier molecular flexibility index (Phi) is 2.72. The van der Waals surface area contributed by atoms with E-state index in [4.69, 9.17) is 11.6 Å². The van der Waals surface area contributed by atoms with E-state index in [1.165, 1.54) is 11.1 Å². The molecule has 4 nitrogen and oxygen atoms in total. The first-order valence-corrected chi connectivity index (χ1v) is 6.02. The van der Waals surface area contributed by atoms with Crippen molar-refractivity contribution in [1.82, 2.24) is 19.8 Å². The first-order valence-electron chi connectivity index (χ1n) is 5.65. The van der Waals surface area contributed by atoms with Crippen molar-refractivity contribution in [2.24, 2.45) is 0 Å². The third-order valence-corrected chi connectivity index (χ3v) is 2.98. The molecule has 0 unspecified atom stereocenters. The summed E-state index contributed by atoms with van der Waals surface area (Å²) in [6.45, 7) is 2.07. The van der Waals surface area contributed by atoms with Crippen molar-refractivity contribution in [3.05, 3.63) is 58.5 Å². The number of hydrogen-bond acceptors (Lipinski definition) is 3. The lowest BCUT2D eigenvalue weighted by Crippen LogP contribution is -2.00. The molecule has 0 fully saturated rings. The second-order valence-corrected chi connectivity index (χ2v) is 4.59. The summed E-state index contributed by atoms with van der Waals surface area (Å²) in [6, 6.07) is 11.8. The Balaban J connectivity index is 1.99. The minimum atomic E-state index is 0.437. The van der Waals surface area contributed by atoms with Crippen LogP contribution in [0.3, 0.4) is 0 Å². The van der Waals surface area contributed by atoms with Crippen molar-refractivity contribution in [3.8, 4) is 0 Å². The van der Waals surface area contributed by atoms with Gasteiger partial charge in [0.2, 0.25) is 0 Å². The van der Waals surface area contributed by atoms with Crippen molar-refractivity contribution in [1.29, 1.82) is 0 Å². The van der Waals surface area contributed by atoms with Gasteiger partial charge in [-0.15, -0.1) is 10.2 Å². The second-order valence-electron chi connectivity index (χ2n) is 4.20. The first-order chi connectivity index (χ1) is 8.72. The van der Waals surface area contributed by atoms with Crippen molar-refractivity contribution in [3.63, 3.8) is 0 Å². The zero-order chi connectivity index (χ0) is 12.5. The second kappa shape index (κ2) is 4.38. The van der Waals surface area contributed by atoms with E-state index in [1.54, 1.807) is 16.6 Å². The summed E-state index contributed by atoms with van der Waals surface area (Å²) in [7, 11) is 0. The summed E-state index contributed by atoms with van der Waals surface area (Å²) in [4.78, 5) is 0. The molecule has 18 heavy (non-hydrogen) atoms. The van der Waals surface area contributed by atoms with Crippen LogP contribution < -0.4 is 0 Å². The first kappa shape index (κ1) is 11.2. The lowest BCUT2D eigenvalue weighted by atomic mass is 10.1. The van der Waals surface area contributed by atoms with Crippen LogP contribution in [0.25, 0.3) is 5.65 Å². The highest BCUT2D eigenvalue weighted by molar-refractivity contribution is 6.29. The summed E-state index contributed by atoms with van der Waals surface area (Å²) in [5.41, 5.74) is 3.13. The number of halogens is 1. The van der Waals surface area contributed by atoms with E-state index in [-0.39, 0.29) is 0 Å². The molecule has 2 aromatic heterocycles. The van der Waals surface area contributed by atoms with Gasteiger partial charge in [0.25, 0.3) is 0 Å². The van der Waals surface area contributed by atoms with Gasteiger partial charge in [0, 0.05) is 6.42 Å². The van der Waals surface area contributed by atoms with Crippen molar-refractivity contribution in [2.75, 3.05) is 0 Å². The zero-order valence-corrected chi connectivity index (χ0v) is 10.6. The molecule has 0 N–H and O–H groups in total. The van der Waals surface area contributed by atoms with Crippen LogP contribution in [0.1, 0.15) is 17.0 Å². The standard InChI is InChI=1S/C13H11ClN4/c1-9-2-4-10(5-3-9)8-13-16-15-12-7-6-11(14)17-18(12)13/h2-7H,8H2,1H3. The normalized spacial score (nSPS) is 11.0. The Morgan fingerprint density at radius 2 is 1.83 bits per heavy atom. The van der Waals surface area contributed by atoms with Crippen LogP contribution in [0, 0.1) is 6.92 Å². The summed E-state index contributed by atoms with van der Waals surface area (Å²) in [6.07, 6.45) is 0.689. The van der Waals surface area contributed by atoms with Gasteiger partial charge in [0.1, 0.15) is 5.15 Å². The molecule has 0 spiro atoms. The maximum atomic E-state index is 5.88. The predicted molar refractivity (Wildman–Crippen MR) is 69.8 cm³/mol. The molecule has 90 valence electrons. The zero-order valence-electron chi connectivity index (χ0n) is 9.84. The number of benzene rings is 1. The molecule has 2 heterocycles. The number of nitrogens with zero attached hydrogens (tertiary/aromatic N) is 4. The van der Waals surface area contributed by atoms with Crippen LogP contribution in [0.5, 0.6) is 0 Å². The molecule has 0 atom stereocenters. The summed E-state index contributed by atoms with van der Waals surface area (Å²) in [5.74, 6) is 0.788. The van der Waals surface area contributed by atoms with Crippen molar-refractivity contribution < 1.29 is 0 Å². The fourth-order valence-electron chi connectivity index (χ4n) is 1.81. The fraction of sp³-hybridized carbons (Fsp3) is 0.154. The molecule has 0 aliphatic heterocycles. The third-order valence-electron chi connectivity index (χ3n) is 2.78. The van der Waals surface area contributed by atoms with Gasteiger partial charge in [0.15, 0.2) is 11.5 Å². The molecule has 0 bridgehead atoms. The Bertz CT molecular complexity index is 688. The van der Waals surface area contributed by atoms with Gasteiger partial charge in [-0.1, -0.05) is 41.4 Å². The highest BCUT2D eigenvalue weighted by Gasteiger charge is 2.07. The van der Waals surface area contributed by atoms with Gasteiger partial charge in [-0.25, -0.2) is 0 Å². The fourth-order valence-corrected chi connectivity index (χ4v) is 1.95. The van der Waals surface area contributed by atoms with E-state index in [9.17, 15) is 0 Å². The number of aryl methyl sites for hydroxylation is 1. The topological polar surface area (TPSA) is 43.1 Å². The largest absolute Gasteiger partial charge is 0.196 e. The van der Waals surface area contributed by atoms with Gasteiger partial charge in [0.05, 0.1) is 0 Å². The van der Waals surface area contributed by atoms with Gasteiger partial charge in [-0.3, -0.25) is 0 Å². The van der Waals surface area contributed by atoms with E-state index in [0.717, 1.165) is 5.82 Å². The van der Waals surface area contributed by atoms with Gasteiger partial charge in [-0.2, -0.15) is 9.61 Å². The Morgan fingerprint density at radius 1 is 1.06 bits per heavy atom. The SMILES string of the molecule is Cc1ccc(Cc2nnc3ccc(Cl)nn23)cc1. The molecule has 1 aromatic carbocycles. The van der Waals surface area contributed by atoms with Crippen LogP contribution in [0.15, 0.2) is 36.4 Å². The number of rotatable bonds is 2. The number of hydrogen-bond donors (Lipinski definition) is 0. The van der Waals surface area contributed by atoms with E-state index in [0.29, 0.717) is 17.2 Å². The molecule has 3 aromatic rings. The molecular formula is C13H11ClN4. The molecule has 0 amide bonds. The predicted octanol–water partition coefficient (Wildman–Crippen LogP) is 2.68. The molecule has 0 radical (unpaired) electrons. The average Bonchev–Trinajstić information content (AvgIpc) is 2.75. The number of aromatic nitrogens is 4. The van der Waals surface area contributed by atoms with Gasteiger partial charge >= 0.3 is 0 Å². The smallest absolute Gasteiger partial charge is 0.178 e. The molecule has 0 aliphatic carbocycles. The lowest BCUT2D eigenvalue weighted by Gasteiger charge is -2.00. The third kappa shape index (κ3) is 2.07. The maximum Gasteiger partial charge on any atom is 0.178 e. The molecule has 0 aliphatic rings. The molecule has 5 heteroatoms. The molecule has 0 saturated heterocycles. The monoisotopic (exact) mass is 258 g/mol. The average molecular weight is 259 g/mol. The highest BCUT2D eigenvalue weighted by Crippen LogP contribution is 2.11. The summed E-state index contributed by atoms with van der Waals surface area (Å²) >= 11 is 5.88. The maximum absolute atomic E-state index is 5.88. The van der Waals surface area contributed by atoms with E-state index < -0.39 is 0 Å². The van der Waals surface area contributed by atoms with Crippen LogP contribution in [-0.2, 0) is 6.42 Å². The summed E-state index contributed by atoms with van der Waals surface area (Å²) in [5, 5.41) is 12.9. The van der Waals surface area contributed by atoms with Crippen LogP contribution >= 0.6 is 11.6 Å². The lowest BCUT2D eigenvalue weighted by molar-refractivity contribution is 0.838. The quantitative estimate of drug-likeness (QED) is 0.710. The van der Waals surface area contributed by atoms with Crippen LogP contribution in [-0.4, -0.2) is 19.8 Å². The molecule has 3 rings (SSSR count). The summed E-state index contributed by atoms with van der Waals surface area (Å²) < 4.78 is 1.68. The molecular weight excluding hydrogens is 248 g/mol. The minimum absolute atomic E-state index is 0.437. The minimum Gasteiger partial charge on any atom is -0.196 e.